The van der Waals surface area contributed by atoms with Gasteiger partial charge < -0.3 is 15.1 Å². The lowest BCUT2D eigenvalue weighted by Gasteiger charge is -2.36. The second-order valence-electron chi connectivity index (χ2n) is 7.21. The number of carbonyl (C=O) groups excluding carboxylic acids is 2. The van der Waals surface area contributed by atoms with Gasteiger partial charge in [0.15, 0.2) is 0 Å². The van der Waals surface area contributed by atoms with Gasteiger partial charge in [-0.05, 0) is 25.1 Å². The van der Waals surface area contributed by atoms with E-state index in [-0.39, 0.29) is 17.9 Å². The Morgan fingerprint density at radius 2 is 1.86 bits per heavy atom. The number of halogens is 1. The molecule has 1 aromatic heterocycles. The first-order chi connectivity index (χ1) is 13.8. The van der Waals surface area contributed by atoms with Crippen molar-refractivity contribution < 1.29 is 9.59 Å². The van der Waals surface area contributed by atoms with Crippen LogP contribution in [-0.2, 0) is 4.79 Å². The molecular weight excluding hydrogens is 412 g/mol. The molecule has 0 radical (unpaired) electrons. The molecule has 1 aliphatic rings. The molecule has 2 N–H and O–H groups in total. The van der Waals surface area contributed by atoms with Crippen molar-refractivity contribution in [3.8, 4) is 0 Å². The normalized spacial score (nSPS) is 15.3. The van der Waals surface area contributed by atoms with Crippen molar-refractivity contribution in [1.29, 1.82) is 0 Å². The monoisotopic (exact) mass is 436 g/mol. The lowest BCUT2D eigenvalue weighted by atomic mass is 10.2. The maximum atomic E-state index is 12.5. The van der Waals surface area contributed by atoms with Gasteiger partial charge in [0.2, 0.25) is 11.0 Å². The van der Waals surface area contributed by atoms with Crippen LogP contribution in [0.3, 0.4) is 0 Å². The lowest BCUT2D eigenvalue weighted by Crippen LogP contribution is -2.54. The molecule has 0 aliphatic carbocycles. The van der Waals surface area contributed by atoms with Crippen molar-refractivity contribution in [2.45, 2.75) is 32.7 Å². The number of nitrogens with one attached hydrogen (secondary N) is 2. The van der Waals surface area contributed by atoms with E-state index in [9.17, 15) is 9.59 Å². The number of rotatable bonds is 5. The molecule has 1 unspecified atom stereocenters. The predicted octanol–water partition coefficient (Wildman–Crippen LogP) is 3.17. The average molecular weight is 437 g/mol. The van der Waals surface area contributed by atoms with Crippen LogP contribution in [0.4, 0.5) is 15.6 Å². The maximum Gasteiger partial charge on any atom is 0.318 e. The summed E-state index contributed by atoms with van der Waals surface area (Å²) >= 11 is 7.40. The van der Waals surface area contributed by atoms with Crippen LogP contribution in [0.25, 0.3) is 0 Å². The highest BCUT2D eigenvalue weighted by Crippen LogP contribution is 2.23. The average Bonchev–Trinajstić information content (AvgIpc) is 3.17. The lowest BCUT2D eigenvalue weighted by molar-refractivity contribution is -0.117. The van der Waals surface area contributed by atoms with Crippen molar-refractivity contribution in [1.82, 2.24) is 20.4 Å². The van der Waals surface area contributed by atoms with Crippen molar-refractivity contribution in [2.75, 3.05) is 36.4 Å². The molecule has 1 aliphatic heterocycles. The van der Waals surface area contributed by atoms with Gasteiger partial charge in [-0.2, -0.15) is 0 Å². The van der Waals surface area contributed by atoms with Gasteiger partial charge in [-0.25, -0.2) is 4.79 Å². The quantitative estimate of drug-likeness (QED) is 0.751. The Morgan fingerprint density at radius 3 is 2.48 bits per heavy atom. The molecule has 3 rings (SSSR count). The van der Waals surface area contributed by atoms with Crippen LogP contribution in [0.5, 0.6) is 0 Å². The molecule has 1 fully saturated rings. The molecule has 2 aromatic rings. The summed E-state index contributed by atoms with van der Waals surface area (Å²) in [6.45, 7) is 8.23. The third-order valence-electron chi connectivity index (χ3n) is 4.64. The highest BCUT2D eigenvalue weighted by Gasteiger charge is 2.24. The molecule has 1 saturated heterocycles. The molecule has 3 amide bonds. The number of carbonyl (C=O) groups is 2. The fourth-order valence-corrected chi connectivity index (χ4v) is 3.85. The Bertz CT molecular complexity index is 866. The van der Waals surface area contributed by atoms with E-state index in [0.29, 0.717) is 36.3 Å². The number of urea groups is 1. The second-order valence-corrected chi connectivity index (χ2v) is 8.66. The van der Waals surface area contributed by atoms with E-state index in [1.165, 1.54) is 11.3 Å². The molecule has 29 heavy (non-hydrogen) atoms. The zero-order valence-corrected chi connectivity index (χ0v) is 18.3. The van der Waals surface area contributed by atoms with Crippen LogP contribution < -0.4 is 15.5 Å². The molecule has 0 bridgehead atoms. The highest BCUT2D eigenvalue weighted by molar-refractivity contribution is 7.15. The number of anilines is 2. The van der Waals surface area contributed by atoms with Crippen molar-refractivity contribution in [2.24, 2.45) is 0 Å². The summed E-state index contributed by atoms with van der Waals surface area (Å²) in [5.41, 5.74) is 1.04. The van der Waals surface area contributed by atoms with E-state index in [4.69, 9.17) is 11.6 Å². The van der Waals surface area contributed by atoms with E-state index in [1.54, 1.807) is 11.8 Å². The Labute approximate surface area is 179 Å². The Hall–Kier alpha value is -2.39. The summed E-state index contributed by atoms with van der Waals surface area (Å²) in [5, 5.41) is 15.5. The third kappa shape index (κ3) is 5.57. The molecule has 1 atom stereocenters. The summed E-state index contributed by atoms with van der Waals surface area (Å²) < 4.78 is 0. The molecular formula is C19H25ClN6O2S. The number of hydrogen-bond acceptors (Lipinski definition) is 6. The maximum absolute atomic E-state index is 12.5. The molecule has 0 saturated carbocycles. The van der Waals surface area contributed by atoms with Crippen LogP contribution in [0.1, 0.15) is 31.7 Å². The highest BCUT2D eigenvalue weighted by atomic mass is 35.5. The van der Waals surface area contributed by atoms with E-state index in [1.807, 2.05) is 38.1 Å². The summed E-state index contributed by atoms with van der Waals surface area (Å²) in [4.78, 5) is 28.8. The Balaban J connectivity index is 1.47. The second kappa shape index (κ2) is 9.41. The van der Waals surface area contributed by atoms with Crippen LogP contribution in [0.15, 0.2) is 24.3 Å². The third-order valence-corrected chi connectivity index (χ3v) is 6.01. The van der Waals surface area contributed by atoms with Gasteiger partial charge in [-0.15, -0.1) is 10.2 Å². The first kappa shape index (κ1) is 21.3. The van der Waals surface area contributed by atoms with E-state index < -0.39 is 6.04 Å². The first-order valence-electron chi connectivity index (χ1n) is 9.53. The molecule has 2 heterocycles. The summed E-state index contributed by atoms with van der Waals surface area (Å²) in [6, 6.07) is 6.75. The van der Waals surface area contributed by atoms with Crippen LogP contribution >= 0.6 is 22.9 Å². The van der Waals surface area contributed by atoms with Crippen molar-refractivity contribution >= 4 is 45.7 Å². The minimum atomic E-state index is -0.681. The Kier molecular flexibility index (Phi) is 6.92. The van der Waals surface area contributed by atoms with Gasteiger partial charge in [-0.3, -0.25) is 10.1 Å². The van der Waals surface area contributed by atoms with Crippen molar-refractivity contribution in [3.63, 3.8) is 0 Å². The van der Waals surface area contributed by atoms with Crippen LogP contribution in [0.2, 0.25) is 5.02 Å². The smallest absolute Gasteiger partial charge is 0.318 e. The summed E-state index contributed by atoms with van der Waals surface area (Å²) in [6.07, 6.45) is 0. The number of nitrogens with zero attached hydrogens (tertiary/aromatic N) is 4. The summed E-state index contributed by atoms with van der Waals surface area (Å²) in [7, 11) is 0. The fraction of sp³-hybridized carbons (Fsp3) is 0.474. The number of aromatic nitrogens is 2. The standard InChI is InChI=1S/C19H25ClN6O2S/c1-12(2)17-23-24-18(29-17)22-16(27)13(3)21-19(28)26-9-7-25(8-10-26)15-6-4-5-14(20)11-15/h4-6,11-13H,7-10H2,1-3H3,(H,21,28)(H,22,24,27). The minimum absolute atomic E-state index is 0.251. The molecule has 10 heteroatoms. The molecule has 0 spiro atoms. The fourth-order valence-electron chi connectivity index (χ4n) is 2.91. The number of benzene rings is 1. The molecule has 156 valence electrons. The van der Waals surface area contributed by atoms with Crippen LogP contribution in [-0.4, -0.2) is 59.3 Å². The predicted molar refractivity (Wildman–Crippen MR) is 116 cm³/mol. The SMILES string of the molecule is CC(NC(=O)N1CCN(c2cccc(Cl)c2)CC1)C(=O)Nc1nnc(C(C)C)s1. The van der Waals surface area contributed by atoms with E-state index in [2.05, 4.69) is 25.7 Å². The number of amides is 3. The largest absolute Gasteiger partial charge is 0.368 e. The van der Waals surface area contributed by atoms with Gasteiger partial charge in [-0.1, -0.05) is 42.9 Å². The van der Waals surface area contributed by atoms with Gasteiger partial charge in [0, 0.05) is 42.8 Å². The summed E-state index contributed by atoms with van der Waals surface area (Å²) in [5.74, 6) is -0.0665. The molecule has 8 nitrogen and oxygen atoms in total. The zero-order chi connectivity index (χ0) is 21.0. The van der Waals surface area contributed by atoms with Gasteiger partial charge >= 0.3 is 6.03 Å². The Morgan fingerprint density at radius 1 is 1.14 bits per heavy atom. The first-order valence-corrected chi connectivity index (χ1v) is 10.7. The molecule has 1 aromatic carbocycles. The van der Waals surface area contributed by atoms with Crippen molar-refractivity contribution in [3.05, 3.63) is 34.3 Å². The topological polar surface area (TPSA) is 90.5 Å². The van der Waals surface area contributed by atoms with Crippen LogP contribution in [0, 0.1) is 0 Å². The number of piperazine rings is 1. The van der Waals surface area contributed by atoms with Gasteiger partial charge in [0.05, 0.1) is 0 Å². The minimum Gasteiger partial charge on any atom is -0.368 e. The van der Waals surface area contributed by atoms with E-state index >= 15 is 0 Å². The van der Waals surface area contributed by atoms with Gasteiger partial charge in [0.25, 0.3) is 0 Å². The van der Waals surface area contributed by atoms with E-state index in [0.717, 1.165) is 10.7 Å². The number of hydrogen-bond donors (Lipinski definition) is 2. The zero-order valence-electron chi connectivity index (χ0n) is 16.7. The van der Waals surface area contributed by atoms with Gasteiger partial charge in [0.1, 0.15) is 11.0 Å².